The fourth-order valence-corrected chi connectivity index (χ4v) is 2.72. The number of hydrogen-bond acceptors (Lipinski definition) is 3. The number of furan rings is 1. The van der Waals surface area contributed by atoms with Crippen LogP contribution in [0, 0.1) is 0 Å². The summed E-state index contributed by atoms with van der Waals surface area (Å²) in [5.74, 6) is 0.546. The average Bonchev–Trinajstić information content (AvgIpc) is 2.91. The van der Waals surface area contributed by atoms with Crippen molar-refractivity contribution < 1.29 is 9.21 Å². The maximum atomic E-state index is 11.8. The second kappa shape index (κ2) is 4.90. The molecule has 0 radical (unpaired) electrons. The second-order valence-corrected chi connectivity index (χ2v) is 4.80. The fraction of sp³-hybridized carbons (Fsp3) is 0.267. The van der Waals surface area contributed by atoms with E-state index in [1.165, 1.54) is 5.56 Å². The molecule has 1 aliphatic rings. The normalized spacial score (nSPS) is 19.1. The minimum Gasteiger partial charge on any atom is -0.468 e. The zero-order chi connectivity index (χ0) is 13.2. The molecule has 4 heteroatoms. The van der Waals surface area contributed by atoms with Crippen LogP contribution in [0.5, 0.6) is 0 Å². The smallest absolute Gasteiger partial charge is 0.239 e. The first-order chi connectivity index (χ1) is 9.25. The third kappa shape index (κ3) is 2.27. The molecule has 1 amide bonds. The van der Waals surface area contributed by atoms with Crippen molar-refractivity contribution in [3.63, 3.8) is 0 Å². The number of rotatable bonds is 3. The summed E-state index contributed by atoms with van der Waals surface area (Å²) in [4.78, 5) is 13.9. The first-order valence-electron chi connectivity index (χ1n) is 6.39. The number of carbonyl (C=O) groups excluding carboxylic acids is 1. The van der Waals surface area contributed by atoms with Crippen LogP contribution in [-0.2, 0) is 17.8 Å². The maximum Gasteiger partial charge on any atom is 0.239 e. The lowest BCUT2D eigenvalue weighted by Crippen LogP contribution is -2.41. The van der Waals surface area contributed by atoms with Crippen LogP contribution in [0.25, 0.3) is 0 Å². The Hall–Kier alpha value is -2.07. The van der Waals surface area contributed by atoms with Gasteiger partial charge in [-0.2, -0.15) is 0 Å². The first kappa shape index (κ1) is 12.0. The Morgan fingerprint density at radius 3 is 2.89 bits per heavy atom. The predicted octanol–water partition coefficient (Wildman–Crippen LogP) is 1.86. The van der Waals surface area contributed by atoms with E-state index in [4.69, 9.17) is 10.2 Å². The average molecular weight is 256 g/mol. The van der Waals surface area contributed by atoms with Crippen molar-refractivity contribution in [2.75, 3.05) is 6.54 Å². The van der Waals surface area contributed by atoms with Gasteiger partial charge in [0, 0.05) is 6.54 Å². The maximum absolute atomic E-state index is 11.8. The molecule has 2 heterocycles. The molecular formula is C15H16N2O2. The molecule has 0 saturated heterocycles. The molecule has 1 aromatic carbocycles. The van der Waals surface area contributed by atoms with E-state index in [1.807, 2.05) is 30.3 Å². The Bertz CT molecular complexity index is 578. The highest BCUT2D eigenvalue weighted by Crippen LogP contribution is 2.30. The molecule has 3 rings (SSSR count). The summed E-state index contributed by atoms with van der Waals surface area (Å²) in [7, 11) is 0. The predicted molar refractivity (Wildman–Crippen MR) is 71.2 cm³/mol. The van der Waals surface area contributed by atoms with E-state index in [0.29, 0.717) is 6.54 Å². The molecular weight excluding hydrogens is 240 g/mol. The minimum atomic E-state index is -0.366. The lowest BCUT2D eigenvalue weighted by atomic mass is 9.92. The van der Waals surface area contributed by atoms with E-state index in [-0.39, 0.29) is 11.9 Å². The molecule has 1 aromatic heterocycles. The van der Waals surface area contributed by atoms with Gasteiger partial charge in [-0.15, -0.1) is 0 Å². The van der Waals surface area contributed by atoms with Crippen LogP contribution in [0.15, 0.2) is 47.1 Å². The fourth-order valence-electron chi connectivity index (χ4n) is 2.72. The van der Waals surface area contributed by atoms with Gasteiger partial charge >= 0.3 is 0 Å². The number of nitrogens with zero attached hydrogens (tertiary/aromatic N) is 1. The Morgan fingerprint density at radius 1 is 1.32 bits per heavy atom. The second-order valence-electron chi connectivity index (χ2n) is 4.80. The van der Waals surface area contributed by atoms with E-state index in [2.05, 4.69) is 11.0 Å². The molecule has 19 heavy (non-hydrogen) atoms. The van der Waals surface area contributed by atoms with E-state index >= 15 is 0 Å². The Morgan fingerprint density at radius 2 is 2.16 bits per heavy atom. The van der Waals surface area contributed by atoms with Crippen molar-refractivity contribution in [1.82, 2.24) is 4.90 Å². The van der Waals surface area contributed by atoms with E-state index in [0.717, 1.165) is 24.3 Å². The van der Waals surface area contributed by atoms with Gasteiger partial charge in [-0.3, -0.25) is 9.69 Å². The third-order valence-electron chi connectivity index (χ3n) is 3.59. The summed E-state index contributed by atoms with van der Waals surface area (Å²) < 4.78 is 5.36. The Balaban J connectivity index is 1.92. The Kier molecular flexibility index (Phi) is 3.09. The van der Waals surface area contributed by atoms with Gasteiger partial charge in [0.1, 0.15) is 11.8 Å². The summed E-state index contributed by atoms with van der Waals surface area (Å²) in [6.07, 6.45) is 2.58. The van der Waals surface area contributed by atoms with Gasteiger partial charge in [0.15, 0.2) is 0 Å². The molecule has 0 spiro atoms. The SMILES string of the molecule is NC(=O)C1c2ccccc2CCN1Cc1ccco1. The number of primary amides is 1. The van der Waals surface area contributed by atoms with Crippen LogP contribution in [0.4, 0.5) is 0 Å². The lowest BCUT2D eigenvalue weighted by Gasteiger charge is -2.34. The third-order valence-corrected chi connectivity index (χ3v) is 3.59. The highest BCUT2D eigenvalue weighted by molar-refractivity contribution is 5.82. The monoisotopic (exact) mass is 256 g/mol. The zero-order valence-corrected chi connectivity index (χ0v) is 10.6. The standard InChI is InChI=1S/C15H16N2O2/c16-15(18)14-13-6-2-1-4-11(13)7-8-17(14)10-12-5-3-9-19-12/h1-6,9,14H,7-8,10H2,(H2,16,18). The number of fused-ring (bicyclic) bond motifs is 1. The van der Waals surface area contributed by atoms with E-state index in [9.17, 15) is 4.79 Å². The molecule has 0 saturated carbocycles. The van der Waals surface area contributed by atoms with Gasteiger partial charge in [0.2, 0.25) is 5.91 Å². The van der Waals surface area contributed by atoms with Crippen LogP contribution in [0.2, 0.25) is 0 Å². The minimum absolute atomic E-state index is 0.307. The summed E-state index contributed by atoms with van der Waals surface area (Å²) in [6, 6.07) is 11.4. The van der Waals surface area contributed by atoms with Crippen molar-refractivity contribution in [1.29, 1.82) is 0 Å². The largest absolute Gasteiger partial charge is 0.468 e. The van der Waals surface area contributed by atoms with Crippen LogP contribution in [0.3, 0.4) is 0 Å². The zero-order valence-electron chi connectivity index (χ0n) is 10.6. The van der Waals surface area contributed by atoms with Crippen molar-refractivity contribution in [2.24, 2.45) is 5.73 Å². The molecule has 1 unspecified atom stereocenters. The molecule has 1 aliphatic heterocycles. The van der Waals surface area contributed by atoms with Crippen LogP contribution >= 0.6 is 0 Å². The van der Waals surface area contributed by atoms with Gasteiger partial charge in [0.05, 0.1) is 12.8 Å². The van der Waals surface area contributed by atoms with Gasteiger partial charge in [-0.05, 0) is 29.7 Å². The Labute approximate surface area is 111 Å². The lowest BCUT2D eigenvalue weighted by molar-refractivity contribution is -0.124. The summed E-state index contributed by atoms with van der Waals surface area (Å²) >= 11 is 0. The highest BCUT2D eigenvalue weighted by Gasteiger charge is 2.31. The topological polar surface area (TPSA) is 59.5 Å². The van der Waals surface area contributed by atoms with Crippen molar-refractivity contribution in [3.8, 4) is 0 Å². The van der Waals surface area contributed by atoms with E-state index in [1.54, 1.807) is 6.26 Å². The molecule has 98 valence electrons. The molecule has 2 aromatic rings. The quantitative estimate of drug-likeness (QED) is 0.912. The summed E-state index contributed by atoms with van der Waals surface area (Å²) in [5, 5.41) is 0. The highest BCUT2D eigenvalue weighted by atomic mass is 16.3. The van der Waals surface area contributed by atoms with E-state index < -0.39 is 0 Å². The number of nitrogens with two attached hydrogens (primary N) is 1. The van der Waals surface area contributed by atoms with Crippen molar-refractivity contribution in [2.45, 2.75) is 19.0 Å². The number of hydrogen-bond donors (Lipinski definition) is 1. The summed E-state index contributed by atoms with van der Waals surface area (Å²) in [5.41, 5.74) is 7.82. The van der Waals surface area contributed by atoms with Crippen molar-refractivity contribution in [3.05, 3.63) is 59.5 Å². The van der Waals surface area contributed by atoms with Crippen LogP contribution in [-0.4, -0.2) is 17.4 Å². The van der Waals surface area contributed by atoms with Gasteiger partial charge in [-0.25, -0.2) is 0 Å². The number of benzene rings is 1. The molecule has 0 fully saturated rings. The molecule has 4 nitrogen and oxygen atoms in total. The molecule has 1 atom stereocenters. The van der Waals surface area contributed by atoms with Gasteiger partial charge in [0.25, 0.3) is 0 Å². The summed E-state index contributed by atoms with van der Waals surface area (Å²) in [6.45, 7) is 1.42. The molecule has 2 N–H and O–H groups in total. The molecule has 0 aliphatic carbocycles. The molecule has 0 bridgehead atoms. The van der Waals surface area contributed by atoms with Crippen molar-refractivity contribution >= 4 is 5.91 Å². The van der Waals surface area contributed by atoms with Gasteiger partial charge < -0.3 is 10.2 Å². The van der Waals surface area contributed by atoms with Crippen LogP contribution in [0.1, 0.15) is 22.9 Å². The number of amides is 1. The van der Waals surface area contributed by atoms with Crippen LogP contribution < -0.4 is 5.73 Å². The number of carbonyl (C=O) groups is 1. The first-order valence-corrected chi connectivity index (χ1v) is 6.39. The van der Waals surface area contributed by atoms with Gasteiger partial charge in [-0.1, -0.05) is 24.3 Å².